The van der Waals surface area contributed by atoms with Gasteiger partial charge in [0.15, 0.2) is 0 Å². The second kappa shape index (κ2) is 6.98. The molecular weight excluding hydrogens is 358 g/mol. The van der Waals surface area contributed by atoms with Crippen molar-refractivity contribution < 1.29 is 13.2 Å². The molecule has 0 spiro atoms. The standard InChI is InChI=1S/C22H23NO3S/c1-15(17-7-6-16-4-3-5-18(16)12-17)23-27(24,25)22-11-9-19-13-21(26-2)10-8-20(19)14-22/h6-15,23H,3-5H2,1-2H3. The quantitative estimate of drug-likeness (QED) is 0.714. The Morgan fingerprint density at radius 1 is 0.926 bits per heavy atom. The van der Waals surface area contributed by atoms with Gasteiger partial charge in [-0.3, -0.25) is 0 Å². The Kier molecular flexibility index (Phi) is 4.66. The molecule has 0 fully saturated rings. The van der Waals surface area contributed by atoms with E-state index in [4.69, 9.17) is 4.74 Å². The zero-order valence-electron chi connectivity index (χ0n) is 15.5. The van der Waals surface area contributed by atoms with Gasteiger partial charge in [-0.2, -0.15) is 0 Å². The molecule has 0 radical (unpaired) electrons. The fourth-order valence-corrected chi connectivity index (χ4v) is 4.99. The van der Waals surface area contributed by atoms with Crippen molar-refractivity contribution >= 4 is 20.8 Å². The lowest BCUT2D eigenvalue weighted by molar-refractivity contribution is 0.415. The van der Waals surface area contributed by atoms with Gasteiger partial charge in [0, 0.05) is 6.04 Å². The SMILES string of the molecule is COc1ccc2cc(S(=O)(=O)NC(C)c3ccc4c(c3)CCC4)ccc2c1. The first-order valence-corrected chi connectivity index (χ1v) is 10.7. The zero-order valence-corrected chi connectivity index (χ0v) is 16.3. The fraction of sp³-hybridized carbons (Fsp3) is 0.273. The van der Waals surface area contributed by atoms with Crippen molar-refractivity contribution in [3.05, 3.63) is 71.3 Å². The molecule has 0 heterocycles. The number of sulfonamides is 1. The highest BCUT2D eigenvalue weighted by Crippen LogP contribution is 2.27. The van der Waals surface area contributed by atoms with E-state index in [2.05, 4.69) is 16.9 Å². The van der Waals surface area contributed by atoms with Crippen LogP contribution in [0, 0.1) is 0 Å². The minimum Gasteiger partial charge on any atom is -0.497 e. The van der Waals surface area contributed by atoms with Crippen LogP contribution in [0.1, 0.15) is 36.1 Å². The summed E-state index contributed by atoms with van der Waals surface area (Å²) in [5.74, 6) is 0.751. The molecule has 0 aliphatic heterocycles. The Bertz CT molecular complexity index is 1110. The molecule has 27 heavy (non-hydrogen) atoms. The summed E-state index contributed by atoms with van der Waals surface area (Å²) in [7, 11) is -1.99. The third-order valence-electron chi connectivity index (χ3n) is 5.28. The molecule has 1 atom stereocenters. The topological polar surface area (TPSA) is 55.4 Å². The maximum atomic E-state index is 12.9. The first-order valence-electron chi connectivity index (χ1n) is 9.18. The molecular formula is C22H23NO3S. The van der Waals surface area contributed by atoms with Crippen molar-refractivity contribution in [2.75, 3.05) is 7.11 Å². The largest absolute Gasteiger partial charge is 0.497 e. The molecule has 5 heteroatoms. The lowest BCUT2D eigenvalue weighted by Crippen LogP contribution is -2.27. The van der Waals surface area contributed by atoms with Gasteiger partial charge in [-0.1, -0.05) is 30.3 Å². The van der Waals surface area contributed by atoms with Crippen LogP contribution >= 0.6 is 0 Å². The first kappa shape index (κ1) is 18.0. The molecule has 1 unspecified atom stereocenters. The first-order chi connectivity index (χ1) is 13.0. The molecule has 0 saturated carbocycles. The molecule has 3 aromatic carbocycles. The van der Waals surface area contributed by atoms with Gasteiger partial charge < -0.3 is 4.74 Å². The van der Waals surface area contributed by atoms with Gasteiger partial charge in [0.25, 0.3) is 0 Å². The average Bonchev–Trinajstić information content (AvgIpc) is 3.14. The third-order valence-corrected chi connectivity index (χ3v) is 6.82. The number of ether oxygens (including phenoxy) is 1. The molecule has 1 aliphatic carbocycles. The van der Waals surface area contributed by atoms with Gasteiger partial charge >= 0.3 is 0 Å². The Labute approximate surface area is 160 Å². The van der Waals surface area contributed by atoms with Gasteiger partial charge in [0.1, 0.15) is 5.75 Å². The summed E-state index contributed by atoms with van der Waals surface area (Å²) in [6.45, 7) is 1.89. The van der Waals surface area contributed by atoms with Crippen LogP contribution in [0.3, 0.4) is 0 Å². The number of fused-ring (bicyclic) bond motifs is 2. The van der Waals surface area contributed by atoms with Crippen LogP contribution in [0.2, 0.25) is 0 Å². The lowest BCUT2D eigenvalue weighted by atomic mass is 10.0. The number of methoxy groups -OCH3 is 1. The smallest absolute Gasteiger partial charge is 0.241 e. The Balaban J connectivity index is 1.60. The molecule has 4 rings (SSSR count). The maximum Gasteiger partial charge on any atom is 0.241 e. The normalized spacial score (nSPS) is 14.9. The average molecular weight is 381 g/mol. The summed E-state index contributed by atoms with van der Waals surface area (Å²) in [5.41, 5.74) is 3.74. The summed E-state index contributed by atoms with van der Waals surface area (Å²) < 4.78 is 33.8. The summed E-state index contributed by atoms with van der Waals surface area (Å²) >= 11 is 0. The van der Waals surface area contributed by atoms with Gasteiger partial charge in [-0.15, -0.1) is 0 Å². The van der Waals surface area contributed by atoms with E-state index in [1.165, 1.54) is 17.5 Å². The van der Waals surface area contributed by atoms with Crippen LogP contribution in [0.5, 0.6) is 5.75 Å². The fourth-order valence-electron chi connectivity index (χ4n) is 3.73. The van der Waals surface area contributed by atoms with Crippen molar-refractivity contribution in [2.45, 2.75) is 37.1 Å². The van der Waals surface area contributed by atoms with Gasteiger partial charge in [0.05, 0.1) is 12.0 Å². The number of aryl methyl sites for hydroxylation is 2. The molecule has 0 saturated heterocycles. The molecule has 3 aromatic rings. The number of hydrogen-bond acceptors (Lipinski definition) is 3. The van der Waals surface area contributed by atoms with E-state index >= 15 is 0 Å². The van der Waals surface area contributed by atoms with Crippen LogP contribution in [-0.2, 0) is 22.9 Å². The monoisotopic (exact) mass is 381 g/mol. The highest BCUT2D eigenvalue weighted by atomic mass is 32.2. The highest BCUT2D eigenvalue weighted by Gasteiger charge is 2.20. The Morgan fingerprint density at radius 3 is 2.48 bits per heavy atom. The van der Waals surface area contributed by atoms with Gasteiger partial charge in [-0.05, 0) is 77.9 Å². The Morgan fingerprint density at radius 2 is 1.67 bits per heavy atom. The van der Waals surface area contributed by atoms with Crippen LogP contribution in [0.15, 0.2) is 59.5 Å². The summed E-state index contributed by atoms with van der Waals surface area (Å²) in [6, 6.07) is 16.8. The number of benzene rings is 3. The predicted octanol–water partition coefficient (Wildman–Crippen LogP) is 4.38. The minimum absolute atomic E-state index is 0.271. The maximum absolute atomic E-state index is 12.9. The van der Waals surface area contributed by atoms with E-state index in [-0.39, 0.29) is 10.9 Å². The van der Waals surface area contributed by atoms with Gasteiger partial charge in [0.2, 0.25) is 10.0 Å². The van der Waals surface area contributed by atoms with Gasteiger partial charge in [-0.25, -0.2) is 13.1 Å². The van der Waals surface area contributed by atoms with E-state index in [1.54, 1.807) is 19.2 Å². The van der Waals surface area contributed by atoms with Crippen molar-refractivity contribution in [1.29, 1.82) is 0 Å². The molecule has 1 N–H and O–H groups in total. The molecule has 0 amide bonds. The van der Waals surface area contributed by atoms with Crippen LogP contribution < -0.4 is 9.46 Å². The number of rotatable bonds is 5. The second-order valence-electron chi connectivity index (χ2n) is 7.10. The van der Waals surface area contributed by atoms with Crippen LogP contribution in [-0.4, -0.2) is 15.5 Å². The molecule has 0 aromatic heterocycles. The van der Waals surface area contributed by atoms with Crippen molar-refractivity contribution in [2.24, 2.45) is 0 Å². The van der Waals surface area contributed by atoms with E-state index in [9.17, 15) is 8.42 Å². The van der Waals surface area contributed by atoms with E-state index < -0.39 is 10.0 Å². The number of nitrogens with one attached hydrogen (secondary N) is 1. The molecule has 4 nitrogen and oxygen atoms in total. The summed E-state index contributed by atoms with van der Waals surface area (Å²) in [4.78, 5) is 0.271. The lowest BCUT2D eigenvalue weighted by Gasteiger charge is -2.16. The zero-order chi connectivity index (χ0) is 19.0. The highest BCUT2D eigenvalue weighted by molar-refractivity contribution is 7.89. The molecule has 0 bridgehead atoms. The van der Waals surface area contributed by atoms with Crippen LogP contribution in [0.25, 0.3) is 10.8 Å². The summed E-state index contributed by atoms with van der Waals surface area (Å²) in [6.07, 6.45) is 3.38. The number of hydrogen-bond donors (Lipinski definition) is 1. The minimum atomic E-state index is -3.61. The molecule has 1 aliphatic rings. The van der Waals surface area contributed by atoms with Crippen molar-refractivity contribution in [3.8, 4) is 5.75 Å². The van der Waals surface area contributed by atoms with Crippen molar-refractivity contribution in [1.82, 2.24) is 4.72 Å². The van der Waals surface area contributed by atoms with Crippen LogP contribution in [0.4, 0.5) is 0 Å². The van der Waals surface area contributed by atoms with E-state index in [1.807, 2.05) is 37.3 Å². The molecule has 140 valence electrons. The second-order valence-corrected chi connectivity index (χ2v) is 8.81. The summed E-state index contributed by atoms with van der Waals surface area (Å²) in [5, 5.41) is 1.81. The van der Waals surface area contributed by atoms with E-state index in [0.717, 1.165) is 34.9 Å². The Hall–Kier alpha value is -2.37. The predicted molar refractivity (Wildman–Crippen MR) is 108 cm³/mol. The van der Waals surface area contributed by atoms with E-state index in [0.29, 0.717) is 0 Å². The van der Waals surface area contributed by atoms with Crippen molar-refractivity contribution in [3.63, 3.8) is 0 Å². The third kappa shape index (κ3) is 3.57.